The largest absolute Gasteiger partial charge is 0.481 e. The van der Waals surface area contributed by atoms with Crippen molar-refractivity contribution < 1.29 is 14.3 Å². The summed E-state index contributed by atoms with van der Waals surface area (Å²) in [5.41, 5.74) is 1.18. The lowest BCUT2D eigenvalue weighted by atomic mass is 9.98. The molecule has 0 radical (unpaired) electrons. The minimum atomic E-state index is -0.779. The molecule has 1 aromatic carbocycles. The predicted molar refractivity (Wildman–Crippen MR) is 89.4 cm³/mol. The normalized spacial score (nSPS) is 17.8. The smallest absolute Gasteiger partial charge is 0.308 e. The van der Waals surface area contributed by atoms with Crippen LogP contribution in [0, 0.1) is 11.7 Å². The number of benzene rings is 1. The molecule has 0 amide bonds. The number of aliphatic carboxylic acids is 1. The fourth-order valence-corrected chi connectivity index (χ4v) is 2.98. The van der Waals surface area contributed by atoms with Crippen molar-refractivity contribution in [3.63, 3.8) is 0 Å². The average Bonchev–Trinajstić information content (AvgIpc) is 2.61. The summed E-state index contributed by atoms with van der Waals surface area (Å²) in [7, 11) is 0. The van der Waals surface area contributed by atoms with Crippen LogP contribution in [0.3, 0.4) is 0 Å². The van der Waals surface area contributed by atoms with Crippen molar-refractivity contribution in [2.75, 3.05) is 18.0 Å². The Balaban J connectivity index is 1.98. The van der Waals surface area contributed by atoms with Crippen LogP contribution < -0.4 is 4.90 Å². The molecule has 2 heterocycles. The molecule has 0 aliphatic carbocycles. The minimum absolute atomic E-state index is 0.347. The van der Waals surface area contributed by atoms with E-state index in [4.69, 9.17) is 0 Å². The van der Waals surface area contributed by atoms with E-state index in [2.05, 4.69) is 9.97 Å². The maximum atomic E-state index is 14.1. The van der Waals surface area contributed by atoms with Gasteiger partial charge in [-0.15, -0.1) is 0 Å². The molecule has 6 heteroatoms. The Morgan fingerprint density at radius 3 is 2.88 bits per heavy atom. The van der Waals surface area contributed by atoms with Crippen LogP contribution in [0.25, 0.3) is 11.4 Å². The van der Waals surface area contributed by atoms with Crippen LogP contribution in [0.5, 0.6) is 0 Å². The van der Waals surface area contributed by atoms with Gasteiger partial charge in [0, 0.05) is 24.8 Å². The molecule has 1 saturated heterocycles. The summed E-state index contributed by atoms with van der Waals surface area (Å²) in [5.74, 6) is -0.515. The highest BCUT2D eigenvalue weighted by Gasteiger charge is 2.26. The molecule has 1 aliphatic heterocycles. The lowest BCUT2D eigenvalue weighted by Crippen LogP contribution is -2.39. The van der Waals surface area contributed by atoms with Crippen molar-refractivity contribution in [3.05, 3.63) is 41.8 Å². The van der Waals surface area contributed by atoms with E-state index in [1.165, 1.54) is 6.07 Å². The van der Waals surface area contributed by atoms with Crippen LogP contribution in [0.15, 0.2) is 30.3 Å². The Morgan fingerprint density at radius 2 is 2.17 bits per heavy atom. The number of rotatable bonds is 4. The summed E-state index contributed by atoms with van der Waals surface area (Å²) in [6.45, 7) is 3.15. The number of aryl methyl sites for hydroxylation is 1. The number of carboxylic acid groups (broad SMARTS) is 1. The molecule has 1 aliphatic rings. The number of anilines is 1. The first-order chi connectivity index (χ1) is 11.6. The molecule has 2 aromatic rings. The average molecular weight is 329 g/mol. The SMILES string of the molecule is CCc1cc(N2CCCC(C(=O)O)C2)nc(-c2ccccc2F)n1. The Labute approximate surface area is 140 Å². The lowest BCUT2D eigenvalue weighted by Gasteiger charge is -2.32. The highest BCUT2D eigenvalue weighted by molar-refractivity contribution is 5.71. The van der Waals surface area contributed by atoms with Gasteiger partial charge in [-0.05, 0) is 31.4 Å². The van der Waals surface area contributed by atoms with Gasteiger partial charge in [-0.3, -0.25) is 4.79 Å². The molecule has 126 valence electrons. The molecule has 0 saturated carbocycles. The van der Waals surface area contributed by atoms with Gasteiger partial charge in [0.25, 0.3) is 0 Å². The third kappa shape index (κ3) is 3.37. The first kappa shape index (κ1) is 16.4. The third-order valence-electron chi connectivity index (χ3n) is 4.34. The third-order valence-corrected chi connectivity index (χ3v) is 4.34. The quantitative estimate of drug-likeness (QED) is 0.933. The van der Waals surface area contributed by atoms with E-state index < -0.39 is 11.9 Å². The van der Waals surface area contributed by atoms with Gasteiger partial charge in [0.1, 0.15) is 11.6 Å². The Bertz CT molecular complexity index is 751. The number of halogens is 1. The number of carboxylic acids is 1. The van der Waals surface area contributed by atoms with E-state index in [0.29, 0.717) is 36.6 Å². The number of nitrogens with zero attached hydrogens (tertiary/aromatic N) is 3. The fourth-order valence-electron chi connectivity index (χ4n) is 2.98. The molecular weight excluding hydrogens is 309 g/mol. The highest BCUT2D eigenvalue weighted by atomic mass is 19.1. The van der Waals surface area contributed by atoms with Crippen LogP contribution in [-0.4, -0.2) is 34.1 Å². The highest BCUT2D eigenvalue weighted by Crippen LogP contribution is 2.26. The molecule has 1 unspecified atom stereocenters. The van der Waals surface area contributed by atoms with E-state index in [0.717, 1.165) is 18.7 Å². The number of piperidine rings is 1. The number of aromatic nitrogens is 2. The van der Waals surface area contributed by atoms with Crippen molar-refractivity contribution >= 4 is 11.8 Å². The van der Waals surface area contributed by atoms with Gasteiger partial charge in [0.05, 0.1) is 11.5 Å². The summed E-state index contributed by atoms with van der Waals surface area (Å²) in [5, 5.41) is 9.26. The maximum absolute atomic E-state index is 14.1. The molecule has 1 aromatic heterocycles. The zero-order valence-corrected chi connectivity index (χ0v) is 13.6. The summed E-state index contributed by atoms with van der Waals surface area (Å²) < 4.78 is 14.1. The van der Waals surface area contributed by atoms with Gasteiger partial charge < -0.3 is 10.0 Å². The summed E-state index contributed by atoms with van der Waals surface area (Å²) >= 11 is 0. The first-order valence-electron chi connectivity index (χ1n) is 8.19. The van der Waals surface area contributed by atoms with Crippen LogP contribution in [-0.2, 0) is 11.2 Å². The van der Waals surface area contributed by atoms with Crippen LogP contribution >= 0.6 is 0 Å². The Kier molecular flexibility index (Phi) is 4.74. The summed E-state index contributed by atoms with van der Waals surface area (Å²) in [6, 6.07) is 8.30. The Hall–Kier alpha value is -2.50. The molecule has 5 nitrogen and oxygen atoms in total. The van der Waals surface area contributed by atoms with Crippen molar-refractivity contribution in [1.29, 1.82) is 0 Å². The fraction of sp³-hybridized carbons (Fsp3) is 0.389. The predicted octanol–water partition coefficient (Wildman–Crippen LogP) is 3.15. The summed E-state index contributed by atoms with van der Waals surface area (Å²) in [4.78, 5) is 22.2. The summed E-state index contributed by atoms with van der Waals surface area (Å²) in [6.07, 6.45) is 2.18. The molecule has 0 bridgehead atoms. The molecule has 1 atom stereocenters. The van der Waals surface area contributed by atoms with Gasteiger partial charge in [-0.2, -0.15) is 0 Å². The Morgan fingerprint density at radius 1 is 1.38 bits per heavy atom. The molecular formula is C18H20FN3O2. The van der Waals surface area contributed by atoms with E-state index in [1.807, 2.05) is 17.9 Å². The van der Waals surface area contributed by atoms with Gasteiger partial charge in [-0.1, -0.05) is 19.1 Å². The number of hydrogen-bond donors (Lipinski definition) is 1. The van der Waals surface area contributed by atoms with E-state index in [-0.39, 0.29) is 5.82 Å². The van der Waals surface area contributed by atoms with E-state index >= 15 is 0 Å². The topological polar surface area (TPSA) is 66.3 Å². The zero-order valence-electron chi connectivity index (χ0n) is 13.6. The van der Waals surface area contributed by atoms with Crippen LogP contribution in [0.4, 0.5) is 10.2 Å². The van der Waals surface area contributed by atoms with Crippen LogP contribution in [0.2, 0.25) is 0 Å². The van der Waals surface area contributed by atoms with E-state index in [9.17, 15) is 14.3 Å². The van der Waals surface area contributed by atoms with Gasteiger partial charge >= 0.3 is 5.97 Å². The van der Waals surface area contributed by atoms with Crippen molar-refractivity contribution in [2.24, 2.45) is 5.92 Å². The van der Waals surface area contributed by atoms with Gasteiger partial charge in [0.2, 0.25) is 0 Å². The lowest BCUT2D eigenvalue weighted by molar-refractivity contribution is -0.141. The zero-order chi connectivity index (χ0) is 17.1. The maximum Gasteiger partial charge on any atom is 0.308 e. The van der Waals surface area contributed by atoms with Crippen molar-refractivity contribution in [2.45, 2.75) is 26.2 Å². The van der Waals surface area contributed by atoms with Gasteiger partial charge in [-0.25, -0.2) is 14.4 Å². The molecule has 1 N–H and O–H groups in total. The van der Waals surface area contributed by atoms with Gasteiger partial charge in [0.15, 0.2) is 5.82 Å². The number of hydrogen-bond acceptors (Lipinski definition) is 4. The second kappa shape index (κ2) is 6.95. The monoisotopic (exact) mass is 329 g/mol. The van der Waals surface area contributed by atoms with Crippen LogP contribution in [0.1, 0.15) is 25.5 Å². The van der Waals surface area contributed by atoms with Crippen molar-refractivity contribution in [3.8, 4) is 11.4 Å². The van der Waals surface area contributed by atoms with Crippen molar-refractivity contribution in [1.82, 2.24) is 9.97 Å². The molecule has 1 fully saturated rings. The first-order valence-corrected chi connectivity index (χ1v) is 8.19. The molecule has 0 spiro atoms. The second-order valence-electron chi connectivity index (χ2n) is 6.00. The number of carbonyl (C=O) groups is 1. The molecule has 24 heavy (non-hydrogen) atoms. The van der Waals surface area contributed by atoms with E-state index in [1.54, 1.807) is 18.2 Å². The standard InChI is InChI=1S/C18H20FN3O2/c1-2-13-10-16(22-9-5-6-12(11-22)18(23)24)21-17(20-13)14-7-3-4-8-15(14)19/h3-4,7-8,10,12H,2,5-6,9,11H2,1H3,(H,23,24). The molecule has 3 rings (SSSR count). The minimum Gasteiger partial charge on any atom is -0.481 e. The second-order valence-corrected chi connectivity index (χ2v) is 6.00.